The molecule has 1 fully saturated rings. The van der Waals surface area contributed by atoms with Gasteiger partial charge in [-0.2, -0.15) is 35.1 Å². The Morgan fingerprint density at radius 2 is 1.00 bits per heavy atom. The van der Waals surface area contributed by atoms with Gasteiger partial charge in [0, 0.05) is 0 Å². The molecule has 0 aromatic rings. The highest BCUT2D eigenvalue weighted by Gasteiger charge is 2.94. The molecule has 0 N–H and O–H groups in total. The van der Waals surface area contributed by atoms with Crippen LogP contribution < -0.4 is 0 Å². The maximum atomic E-state index is 12.8. The molecule has 0 saturated heterocycles. The van der Waals surface area contributed by atoms with Crippen LogP contribution in [0.25, 0.3) is 0 Å². The number of hydrogen-bond donors (Lipinski definition) is 0. The molecule has 1 unspecified atom stereocenters. The van der Waals surface area contributed by atoms with Crippen molar-refractivity contribution in [2.45, 2.75) is 34.2 Å². The predicted octanol–water partition coefficient (Wildman–Crippen LogP) is 4.05. The molecular weight excluding hydrogens is 314 g/mol. The minimum atomic E-state index is -6.63. The summed E-state index contributed by atoms with van der Waals surface area (Å²) in [6, 6.07) is 0. The maximum Gasteiger partial charge on any atom is 0.381 e. The first kappa shape index (κ1) is 15.0. The van der Waals surface area contributed by atoms with Crippen molar-refractivity contribution < 1.29 is 39.5 Å². The lowest BCUT2D eigenvalue weighted by Crippen LogP contribution is -2.78. The van der Waals surface area contributed by atoms with Crippen LogP contribution in [0, 0.1) is 0 Å². The molecule has 0 spiro atoms. The summed E-state index contributed by atoms with van der Waals surface area (Å²) in [6.45, 7) is 0. The fourth-order valence-electron chi connectivity index (χ4n) is 1.16. The van der Waals surface area contributed by atoms with Crippen molar-refractivity contribution >= 4 is 23.2 Å². The topological polar surface area (TPSA) is 0 Å². The van der Waals surface area contributed by atoms with Gasteiger partial charge in [0.2, 0.25) is 10.5 Å². The predicted molar refractivity (Wildman–Crippen MR) is 39.1 cm³/mol. The molecule has 1 aliphatic carbocycles. The van der Waals surface area contributed by atoms with Crippen LogP contribution in [0.4, 0.5) is 39.5 Å². The van der Waals surface area contributed by atoms with Gasteiger partial charge in [0.1, 0.15) is 0 Å². The number of halogens is 11. The van der Waals surface area contributed by atoms with Crippen molar-refractivity contribution in [3.63, 3.8) is 0 Å². The SMILES string of the molecule is FC1C(F)(F)C(F)(F)C(F)(F)C(F)(F)C1(Cl)Cl. The average molecular weight is 315 g/mol. The highest BCUT2D eigenvalue weighted by atomic mass is 35.5. The zero-order valence-corrected chi connectivity index (χ0v) is 8.75. The summed E-state index contributed by atoms with van der Waals surface area (Å²) in [5.74, 6) is -25.4. The van der Waals surface area contributed by atoms with E-state index in [1.807, 2.05) is 0 Å². The second kappa shape index (κ2) is 3.28. The Bertz CT molecular complexity index is 306. The largest absolute Gasteiger partial charge is 0.381 e. The second-order valence-electron chi connectivity index (χ2n) is 3.33. The van der Waals surface area contributed by atoms with E-state index in [9.17, 15) is 39.5 Å². The number of alkyl halides is 11. The van der Waals surface area contributed by atoms with E-state index in [0.29, 0.717) is 0 Å². The summed E-state index contributed by atoms with van der Waals surface area (Å²) in [5, 5.41) is 0. The third kappa shape index (κ3) is 1.35. The van der Waals surface area contributed by atoms with E-state index in [0.717, 1.165) is 0 Å². The van der Waals surface area contributed by atoms with E-state index >= 15 is 0 Å². The molecular formula is C6HCl2F9. The van der Waals surface area contributed by atoms with Gasteiger partial charge in [0.25, 0.3) is 0 Å². The van der Waals surface area contributed by atoms with Crippen molar-refractivity contribution in [2.24, 2.45) is 0 Å². The molecule has 1 atom stereocenters. The van der Waals surface area contributed by atoms with Gasteiger partial charge in [0.05, 0.1) is 0 Å². The molecule has 0 heterocycles. The number of hydrogen-bond acceptors (Lipinski definition) is 0. The average Bonchev–Trinajstić information content (AvgIpc) is 2.13. The molecule has 1 rings (SSSR count). The quantitative estimate of drug-likeness (QED) is 0.467. The lowest BCUT2D eigenvalue weighted by molar-refractivity contribution is -0.409. The fourth-order valence-corrected chi connectivity index (χ4v) is 1.67. The summed E-state index contributed by atoms with van der Waals surface area (Å²) in [6.07, 6.45) is -4.57. The van der Waals surface area contributed by atoms with Gasteiger partial charge in [-0.1, -0.05) is 23.2 Å². The molecule has 102 valence electrons. The lowest BCUT2D eigenvalue weighted by atomic mass is 9.83. The molecule has 0 amide bonds. The fraction of sp³-hybridized carbons (Fsp3) is 1.00. The van der Waals surface area contributed by atoms with E-state index in [2.05, 4.69) is 23.2 Å². The van der Waals surface area contributed by atoms with Gasteiger partial charge in [0.15, 0.2) is 0 Å². The van der Waals surface area contributed by atoms with Crippen LogP contribution in [0.2, 0.25) is 0 Å². The first-order chi connectivity index (χ1) is 7.15. The molecule has 0 aliphatic heterocycles. The first-order valence-corrected chi connectivity index (χ1v) is 4.44. The van der Waals surface area contributed by atoms with E-state index < -0.39 is 34.2 Å². The minimum absolute atomic E-state index is 4.36. The van der Waals surface area contributed by atoms with E-state index in [-0.39, 0.29) is 0 Å². The molecule has 0 bridgehead atoms. The Morgan fingerprint density at radius 1 is 0.647 bits per heavy atom. The molecule has 1 saturated carbocycles. The van der Waals surface area contributed by atoms with Crippen LogP contribution in [-0.4, -0.2) is 34.2 Å². The molecule has 0 nitrogen and oxygen atoms in total. The summed E-state index contributed by atoms with van der Waals surface area (Å²) >= 11 is 8.72. The van der Waals surface area contributed by atoms with Gasteiger partial charge >= 0.3 is 23.7 Å². The summed E-state index contributed by atoms with van der Waals surface area (Å²) < 4.78 is 109. The molecule has 17 heavy (non-hydrogen) atoms. The monoisotopic (exact) mass is 314 g/mol. The van der Waals surface area contributed by atoms with E-state index in [4.69, 9.17) is 0 Å². The molecule has 0 radical (unpaired) electrons. The van der Waals surface area contributed by atoms with Crippen molar-refractivity contribution in [2.75, 3.05) is 0 Å². The van der Waals surface area contributed by atoms with Gasteiger partial charge in [-0.05, 0) is 0 Å². The van der Waals surface area contributed by atoms with Crippen molar-refractivity contribution in [1.29, 1.82) is 0 Å². The Labute approximate surface area is 97.7 Å². The molecule has 0 aromatic carbocycles. The minimum Gasteiger partial charge on any atom is -0.237 e. The van der Waals surface area contributed by atoms with Crippen LogP contribution in [0.5, 0.6) is 0 Å². The van der Waals surface area contributed by atoms with Gasteiger partial charge in [-0.3, -0.25) is 0 Å². The Kier molecular flexibility index (Phi) is 2.90. The smallest absolute Gasteiger partial charge is 0.237 e. The molecule has 1 aliphatic rings. The van der Waals surface area contributed by atoms with Crippen molar-refractivity contribution in [3.8, 4) is 0 Å². The van der Waals surface area contributed by atoms with Crippen LogP contribution in [0.1, 0.15) is 0 Å². The summed E-state index contributed by atoms with van der Waals surface area (Å²) in [4.78, 5) is 0. The summed E-state index contributed by atoms with van der Waals surface area (Å²) in [5.41, 5.74) is 0. The van der Waals surface area contributed by atoms with Crippen molar-refractivity contribution in [1.82, 2.24) is 0 Å². The standard InChI is InChI=1S/C6HCl2F9/c7-2(8)1(9)3(10,11)5(14,15)6(16,17)4(2,12)13/h1H. The van der Waals surface area contributed by atoms with Gasteiger partial charge < -0.3 is 0 Å². The van der Waals surface area contributed by atoms with Crippen LogP contribution in [0.15, 0.2) is 0 Å². The third-order valence-electron chi connectivity index (χ3n) is 2.26. The molecule has 0 aromatic heterocycles. The van der Waals surface area contributed by atoms with Crippen molar-refractivity contribution in [3.05, 3.63) is 0 Å². The lowest BCUT2D eigenvalue weighted by Gasteiger charge is -2.48. The highest BCUT2D eigenvalue weighted by molar-refractivity contribution is 6.50. The Morgan fingerprint density at radius 3 is 1.35 bits per heavy atom. The Hall–Kier alpha value is -0.0500. The second-order valence-corrected chi connectivity index (χ2v) is 4.72. The third-order valence-corrected chi connectivity index (χ3v) is 3.12. The van der Waals surface area contributed by atoms with E-state index in [1.54, 1.807) is 0 Å². The zero-order chi connectivity index (χ0) is 14.1. The van der Waals surface area contributed by atoms with Crippen LogP contribution >= 0.6 is 23.2 Å². The Balaban J connectivity index is 3.56. The van der Waals surface area contributed by atoms with Crippen LogP contribution in [-0.2, 0) is 0 Å². The zero-order valence-electron chi connectivity index (χ0n) is 7.23. The summed E-state index contributed by atoms with van der Waals surface area (Å²) in [7, 11) is 0. The maximum absolute atomic E-state index is 12.8. The van der Waals surface area contributed by atoms with Crippen LogP contribution in [0.3, 0.4) is 0 Å². The van der Waals surface area contributed by atoms with E-state index in [1.165, 1.54) is 0 Å². The molecule has 11 heteroatoms. The first-order valence-electron chi connectivity index (χ1n) is 3.69. The highest BCUT2D eigenvalue weighted by Crippen LogP contribution is 2.66. The normalized spacial score (nSPS) is 36.5. The number of rotatable bonds is 0. The van der Waals surface area contributed by atoms with Gasteiger partial charge in [-0.25, -0.2) is 4.39 Å². The van der Waals surface area contributed by atoms with Gasteiger partial charge in [-0.15, -0.1) is 0 Å².